The molecule has 1 N–H and O–H groups in total. The molecule has 1 amide bonds. The van der Waals surface area contributed by atoms with Crippen LogP contribution < -0.4 is 15.6 Å². The van der Waals surface area contributed by atoms with Gasteiger partial charge in [0.15, 0.2) is 0 Å². The molecule has 0 radical (unpaired) electrons. The number of hydrogen-bond donors (Lipinski definition) is 1. The first-order valence-electron chi connectivity index (χ1n) is 10.2. The van der Waals surface area contributed by atoms with E-state index in [-0.39, 0.29) is 11.5 Å². The van der Waals surface area contributed by atoms with Gasteiger partial charge in [-0.1, -0.05) is 36.4 Å². The van der Waals surface area contributed by atoms with E-state index in [9.17, 15) is 9.59 Å². The lowest BCUT2D eigenvalue weighted by molar-refractivity contribution is -0.119. The number of aromatic nitrogens is 2. The quantitative estimate of drug-likeness (QED) is 0.699. The SMILES string of the molecule is COc1cccc(NC(=O)[C@H](C)n2nc(-c3ccccc3)c3c(c2=O)CCCC3)c1. The van der Waals surface area contributed by atoms with Crippen LogP contribution in [0.4, 0.5) is 5.69 Å². The van der Waals surface area contributed by atoms with Crippen molar-refractivity contribution in [2.45, 2.75) is 38.6 Å². The fraction of sp³-hybridized carbons (Fsp3) is 0.292. The van der Waals surface area contributed by atoms with E-state index < -0.39 is 6.04 Å². The first-order chi connectivity index (χ1) is 14.6. The molecule has 6 nitrogen and oxygen atoms in total. The maximum atomic E-state index is 13.2. The molecule has 0 saturated carbocycles. The van der Waals surface area contributed by atoms with Gasteiger partial charge in [-0.05, 0) is 50.3 Å². The summed E-state index contributed by atoms with van der Waals surface area (Å²) in [6, 6.07) is 16.2. The van der Waals surface area contributed by atoms with Gasteiger partial charge in [0, 0.05) is 22.9 Å². The van der Waals surface area contributed by atoms with Crippen molar-refractivity contribution in [2.24, 2.45) is 0 Å². The lowest BCUT2D eigenvalue weighted by Gasteiger charge is -2.22. The maximum Gasteiger partial charge on any atom is 0.271 e. The zero-order valence-corrected chi connectivity index (χ0v) is 17.2. The molecular weight excluding hydrogens is 378 g/mol. The number of nitrogens with one attached hydrogen (secondary N) is 1. The minimum absolute atomic E-state index is 0.169. The molecule has 0 saturated heterocycles. The third kappa shape index (κ3) is 3.85. The predicted octanol–water partition coefficient (Wildman–Crippen LogP) is 4.00. The highest BCUT2D eigenvalue weighted by Crippen LogP contribution is 2.28. The van der Waals surface area contributed by atoms with Crippen molar-refractivity contribution in [1.29, 1.82) is 0 Å². The summed E-state index contributed by atoms with van der Waals surface area (Å²) < 4.78 is 6.54. The van der Waals surface area contributed by atoms with Crippen molar-refractivity contribution in [3.63, 3.8) is 0 Å². The normalized spacial score (nSPS) is 13.9. The number of hydrogen-bond acceptors (Lipinski definition) is 4. The van der Waals surface area contributed by atoms with Crippen LogP contribution in [0.5, 0.6) is 5.75 Å². The van der Waals surface area contributed by atoms with Crippen LogP contribution in [0, 0.1) is 0 Å². The zero-order chi connectivity index (χ0) is 21.1. The molecule has 4 rings (SSSR count). The molecule has 6 heteroatoms. The number of amides is 1. The standard InChI is InChI=1S/C24H25N3O3/c1-16(23(28)25-18-11-8-12-19(15-18)30-2)27-24(29)21-14-7-6-13-20(21)22(26-27)17-9-4-3-5-10-17/h3-5,8-12,15-16H,6-7,13-14H2,1-2H3,(H,25,28)/t16-/m0/s1. The Morgan fingerprint density at radius 3 is 2.53 bits per heavy atom. The van der Waals surface area contributed by atoms with Gasteiger partial charge in [-0.2, -0.15) is 5.10 Å². The molecule has 154 valence electrons. The topological polar surface area (TPSA) is 73.2 Å². The Morgan fingerprint density at radius 2 is 1.80 bits per heavy atom. The third-order valence-electron chi connectivity index (χ3n) is 5.56. The van der Waals surface area contributed by atoms with E-state index >= 15 is 0 Å². The Bertz CT molecular complexity index is 1120. The van der Waals surface area contributed by atoms with E-state index in [0.717, 1.165) is 48.1 Å². The van der Waals surface area contributed by atoms with Crippen molar-refractivity contribution in [1.82, 2.24) is 9.78 Å². The molecular formula is C24H25N3O3. The minimum atomic E-state index is -0.751. The highest BCUT2D eigenvalue weighted by molar-refractivity contribution is 5.93. The number of rotatable bonds is 5. The van der Waals surface area contributed by atoms with Gasteiger partial charge in [0.25, 0.3) is 5.56 Å². The molecule has 3 aromatic rings. The fourth-order valence-electron chi connectivity index (χ4n) is 3.90. The third-order valence-corrected chi connectivity index (χ3v) is 5.56. The van der Waals surface area contributed by atoms with E-state index in [1.807, 2.05) is 30.3 Å². The summed E-state index contributed by atoms with van der Waals surface area (Å²) >= 11 is 0. The van der Waals surface area contributed by atoms with Crippen molar-refractivity contribution in [3.05, 3.63) is 76.1 Å². The minimum Gasteiger partial charge on any atom is -0.497 e. The van der Waals surface area contributed by atoms with Gasteiger partial charge < -0.3 is 10.1 Å². The average molecular weight is 403 g/mol. The molecule has 1 heterocycles. The number of benzene rings is 2. The summed E-state index contributed by atoms with van der Waals surface area (Å²) in [6.07, 6.45) is 3.59. The molecule has 1 aromatic heterocycles. The monoisotopic (exact) mass is 403 g/mol. The van der Waals surface area contributed by atoms with Crippen molar-refractivity contribution >= 4 is 11.6 Å². The fourth-order valence-corrected chi connectivity index (χ4v) is 3.90. The molecule has 1 aliphatic carbocycles. The van der Waals surface area contributed by atoms with Gasteiger partial charge in [0.1, 0.15) is 11.8 Å². The second-order valence-corrected chi connectivity index (χ2v) is 7.53. The van der Waals surface area contributed by atoms with Gasteiger partial charge in [-0.3, -0.25) is 9.59 Å². The van der Waals surface area contributed by atoms with Crippen LogP contribution in [0.2, 0.25) is 0 Å². The molecule has 2 aromatic carbocycles. The summed E-state index contributed by atoms with van der Waals surface area (Å²) in [6.45, 7) is 1.70. The molecule has 30 heavy (non-hydrogen) atoms. The molecule has 1 aliphatic rings. The molecule has 0 spiro atoms. The molecule has 0 aliphatic heterocycles. The number of ether oxygens (including phenoxy) is 1. The smallest absolute Gasteiger partial charge is 0.271 e. The van der Waals surface area contributed by atoms with Crippen LogP contribution >= 0.6 is 0 Å². The van der Waals surface area contributed by atoms with Crippen molar-refractivity contribution < 1.29 is 9.53 Å². The van der Waals surface area contributed by atoms with Crippen LogP contribution in [0.25, 0.3) is 11.3 Å². The predicted molar refractivity (Wildman–Crippen MR) is 117 cm³/mol. The number of methoxy groups -OCH3 is 1. The number of carbonyl (C=O) groups is 1. The van der Waals surface area contributed by atoms with Gasteiger partial charge in [0.05, 0.1) is 12.8 Å². The Kier molecular flexibility index (Phi) is 5.65. The number of carbonyl (C=O) groups excluding carboxylic acids is 1. The van der Waals surface area contributed by atoms with Gasteiger partial charge in [-0.25, -0.2) is 4.68 Å². The van der Waals surface area contributed by atoms with Gasteiger partial charge in [0.2, 0.25) is 5.91 Å². The number of nitrogens with zero attached hydrogens (tertiary/aromatic N) is 2. The summed E-state index contributed by atoms with van der Waals surface area (Å²) in [7, 11) is 1.57. The molecule has 1 atom stereocenters. The summed E-state index contributed by atoms with van der Waals surface area (Å²) in [4.78, 5) is 26.1. The second kappa shape index (κ2) is 8.53. The Hall–Kier alpha value is -3.41. The van der Waals surface area contributed by atoms with E-state index in [1.165, 1.54) is 4.68 Å². The lowest BCUT2D eigenvalue weighted by Crippen LogP contribution is -2.37. The van der Waals surface area contributed by atoms with Crippen LogP contribution in [0.15, 0.2) is 59.4 Å². The van der Waals surface area contributed by atoms with E-state index in [1.54, 1.807) is 38.3 Å². The number of anilines is 1. The van der Waals surface area contributed by atoms with Gasteiger partial charge >= 0.3 is 0 Å². The zero-order valence-electron chi connectivity index (χ0n) is 17.2. The van der Waals surface area contributed by atoms with Crippen LogP contribution in [-0.2, 0) is 17.6 Å². The first kappa shape index (κ1) is 19.9. The van der Waals surface area contributed by atoms with E-state index in [2.05, 4.69) is 10.4 Å². The molecule has 0 bridgehead atoms. The Morgan fingerprint density at radius 1 is 1.07 bits per heavy atom. The molecule has 0 fully saturated rings. The van der Waals surface area contributed by atoms with E-state index in [0.29, 0.717) is 11.4 Å². The summed E-state index contributed by atoms with van der Waals surface area (Å²) in [5.41, 5.74) is 4.01. The lowest BCUT2D eigenvalue weighted by atomic mass is 9.89. The second-order valence-electron chi connectivity index (χ2n) is 7.53. The van der Waals surface area contributed by atoms with Crippen LogP contribution in [-0.4, -0.2) is 22.8 Å². The average Bonchev–Trinajstić information content (AvgIpc) is 2.80. The van der Waals surface area contributed by atoms with Gasteiger partial charge in [-0.15, -0.1) is 0 Å². The first-order valence-corrected chi connectivity index (χ1v) is 10.2. The maximum absolute atomic E-state index is 13.2. The highest BCUT2D eigenvalue weighted by Gasteiger charge is 2.25. The molecule has 0 unspecified atom stereocenters. The van der Waals surface area contributed by atoms with Crippen LogP contribution in [0.3, 0.4) is 0 Å². The number of fused-ring (bicyclic) bond motifs is 1. The Balaban J connectivity index is 1.72. The van der Waals surface area contributed by atoms with Crippen molar-refractivity contribution in [2.75, 3.05) is 12.4 Å². The van der Waals surface area contributed by atoms with Crippen LogP contribution in [0.1, 0.15) is 36.9 Å². The Labute approximate surface area is 175 Å². The highest BCUT2D eigenvalue weighted by atomic mass is 16.5. The summed E-state index contributed by atoms with van der Waals surface area (Å²) in [5, 5.41) is 7.53. The largest absolute Gasteiger partial charge is 0.497 e. The van der Waals surface area contributed by atoms with E-state index in [4.69, 9.17) is 4.74 Å². The summed E-state index contributed by atoms with van der Waals surface area (Å²) in [5.74, 6) is 0.350. The van der Waals surface area contributed by atoms with Crippen molar-refractivity contribution in [3.8, 4) is 17.0 Å².